The normalized spacial score (nSPS) is 16.3. The maximum absolute atomic E-state index is 13.0. The third kappa shape index (κ3) is 4.32. The molecule has 1 amide bonds. The van der Waals surface area contributed by atoms with E-state index in [0.717, 1.165) is 36.5 Å². The molecule has 0 saturated carbocycles. The number of carbonyl (C=O) groups is 1. The smallest absolute Gasteiger partial charge is 0.257 e. The van der Waals surface area contributed by atoms with Crippen LogP contribution < -0.4 is 9.47 Å². The van der Waals surface area contributed by atoms with Crippen molar-refractivity contribution in [2.24, 2.45) is 0 Å². The first-order chi connectivity index (χ1) is 14.7. The first-order valence-corrected chi connectivity index (χ1v) is 10.2. The number of ether oxygens (including phenoxy) is 2. The third-order valence-electron chi connectivity index (χ3n) is 5.48. The molecule has 1 atom stereocenters. The van der Waals surface area contributed by atoms with Crippen molar-refractivity contribution < 1.29 is 18.7 Å². The average molecular weight is 406 g/mol. The molecule has 0 aliphatic carbocycles. The van der Waals surface area contributed by atoms with E-state index in [0.29, 0.717) is 30.2 Å². The van der Waals surface area contributed by atoms with E-state index in [1.807, 2.05) is 53.4 Å². The first-order valence-electron chi connectivity index (χ1n) is 10.2. The van der Waals surface area contributed by atoms with Crippen LogP contribution in [0.5, 0.6) is 11.5 Å². The van der Waals surface area contributed by atoms with E-state index < -0.39 is 0 Å². The zero-order valence-corrected chi connectivity index (χ0v) is 17.3. The quantitative estimate of drug-likeness (QED) is 0.611. The molecule has 3 aromatic rings. The zero-order valence-electron chi connectivity index (χ0n) is 17.3. The second-order valence-electron chi connectivity index (χ2n) is 7.48. The molecular formula is C24H26N2O4. The molecule has 1 aliphatic heterocycles. The summed E-state index contributed by atoms with van der Waals surface area (Å²) in [6.07, 6.45) is 4.31. The van der Waals surface area contributed by atoms with E-state index in [-0.39, 0.29) is 11.8 Å². The van der Waals surface area contributed by atoms with Gasteiger partial charge in [-0.1, -0.05) is 24.3 Å². The van der Waals surface area contributed by atoms with E-state index in [4.69, 9.17) is 13.9 Å². The van der Waals surface area contributed by atoms with Crippen LogP contribution in [0.2, 0.25) is 0 Å². The molecule has 2 aromatic carbocycles. The largest absolute Gasteiger partial charge is 0.497 e. The highest BCUT2D eigenvalue weighted by atomic mass is 16.5. The van der Waals surface area contributed by atoms with Gasteiger partial charge in [0.1, 0.15) is 17.3 Å². The highest BCUT2D eigenvalue weighted by molar-refractivity contribution is 5.97. The van der Waals surface area contributed by atoms with Crippen molar-refractivity contribution in [2.75, 3.05) is 27.3 Å². The number of hydrogen-bond donors (Lipinski definition) is 0. The lowest BCUT2D eigenvalue weighted by molar-refractivity contribution is 0.0694. The van der Waals surface area contributed by atoms with E-state index in [1.165, 1.54) is 0 Å². The Hall–Kier alpha value is -3.28. The Labute approximate surface area is 176 Å². The van der Waals surface area contributed by atoms with Crippen molar-refractivity contribution in [3.05, 3.63) is 77.5 Å². The fourth-order valence-corrected chi connectivity index (χ4v) is 3.93. The van der Waals surface area contributed by atoms with Crippen LogP contribution in [0.3, 0.4) is 0 Å². The number of oxazole rings is 1. The molecule has 1 saturated heterocycles. The Balaban J connectivity index is 1.45. The highest BCUT2D eigenvalue weighted by Gasteiger charge is 2.29. The van der Waals surface area contributed by atoms with Gasteiger partial charge in [-0.25, -0.2) is 4.98 Å². The van der Waals surface area contributed by atoms with Crippen LogP contribution in [0.1, 0.15) is 46.3 Å². The van der Waals surface area contributed by atoms with Gasteiger partial charge in [0, 0.05) is 19.5 Å². The van der Waals surface area contributed by atoms with Gasteiger partial charge in [0.05, 0.1) is 31.9 Å². The van der Waals surface area contributed by atoms with Gasteiger partial charge in [0.25, 0.3) is 5.91 Å². The van der Waals surface area contributed by atoms with Crippen molar-refractivity contribution in [3.63, 3.8) is 0 Å². The minimum atomic E-state index is -0.0136. The summed E-state index contributed by atoms with van der Waals surface area (Å²) in [4.78, 5) is 19.4. The third-order valence-corrected chi connectivity index (χ3v) is 5.48. The SMILES string of the molecule is COc1cccc(Cc2cnc([C@@H]3CCCN(C(=O)c4ccccc4OC)C3)o2)c1. The standard InChI is InChI=1S/C24H26N2O4/c1-28-19-9-5-7-17(13-19)14-20-15-25-23(30-20)18-8-6-12-26(16-18)24(27)21-10-3-4-11-22(21)29-2/h3-5,7,9-11,13,15,18H,6,8,12,14,16H2,1-2H3/t18-/m1/s1. The Morgan fingerprint density at radius 3 is 2.87 bits per heavy atom. The van der Waals surface area contributed by atoms with Gasteiger partial charge in [-0.3, -0.25) is 4.79 Å². The maximum Gasteiger partial charge on any atom is 0.257 e. The van der Waals surface area contributed by atoms with E-state index in [2.05, 4.69) is 4.98 Å². The Morgan fingerprint density at radius 2 is 2.03 bits per heavy atom. The predicted octanol–water partition coefficient (Wildman–Crippen LogP) is 4.30. The van der Waals surface area contributed by atoms with Gasteiger partial charge in [-0.2, -0.15) is 0 Å². The summed E-state index contributed by atoms with van der Waals surface area (Å²) < 4.78 is 16.7. The number of rotatable bonds is 6. The summed E-state index contributed by atoms with van der Waals surface area (Å²) in [6.45, 7) is 1.32. The molecule has 0 spiro atoms. The number of piperidine rings is 1. The second kappa shape index (κ2) is 9.03. The van der Waals surface area contributed by atoms with Crippen molar-refractivity contribution in [2.45, 2.75) is 25.2 Å². The fraction of sp³-hybridized carbons (Fsp3) is 0.333. The molecule has 1 aromatic heterocycles. The number of nitrogens with zero attached hydrogens (tertiary/aromatic N) is 2. The van der Waals surface area contributed by atoms with Crippen LogP contribution >= 0.6 is 0 Å². The number of hydrogen-bond acceptors (Lipinski definition) is 5. The fourth-order valence-electron chi connectivity index (χ4n) is 3.93. The summed E-state index contributed by atoms with van der Waals surface area (Å²) in [5.74, 6) is 3.01. The lowest BCUT2D eigenvalue weighted by atomic mass is 9.97. The lowest BCUT2D eigenvalue weighted by Crippen LogP contribution is -2.39. The monoisotopic (exact) mass is 406 g/mol. The van der Waals surface area contributed by atoms with Crippen molar-refractivity contribution in [3.8, 4) is 11.5 Å². The molecule has 6 heteroatoms. The highest BCUT2D eigenvalue weighted by Crippen LogP contribution is 2.29. The summed E-state index contributed by atoms with van der Waals surface area (Å²) in [5, 5.41) is 0. The number of benzene rings is 2. The number of aromatic nitrogens is 1. The number of carbonyl (C=O) groups excluding carboxylic acids is 1. The van der Waals surface area contributed by atoms with Crippen molar-refractivity contribution in [1.29, 1.82) is 0 Å². The maximum atomic E-state index is 13.0. The molecule has 1 fully saturated rings. The van der Waals surface area contributed by atoms with E-state index in [1.54, 1.807) is 20.4 Å². The molecule has 0 N–H and O–H groups in total. The van der Waals surface area contributed by atoms with Crippen LogP contribution in [-0.2, 0) is 6.42 Å². The van der Waals surface area contributed by atoms with Crippen molar-refractivity contribution >= 4 is 5.91 Å². The molecule has 0 bridgehead atoms. The van der Waals surface area contributed by atoms with Gasteiger partial charge in [-0.05, 0) is 42.7 Å². The van der Waals surface area contributed by atoms with Gasteiger partial charge >= 0.3 is 0 Å². The molecule has 4 rings (SSSR count). The molecule has 156 valence electrons. The summed E-state index contributed by atoms with van der Waals surface area (Å²) >= 11 is 0. The van der Waals surface area contributed by atoms with E-state index in [9.17, 15) is 4.79 Å². The number of amides is 1. The second-order valence-corrected chi connectivity index (χ2v) is 7.48. The molecule has 0 radical (unpaired) electrons. The van der Waals surface area contributed by atoms with Crippen LogP contribution in [0.4, 0.5) is 0 Å². The summed E-state index contributed by atoms with van der Waals surface area (Å²) in [6, 6.07) is 15.3. The van der Waals surface area contributed by atoms with Gasteiger partial charge in [0.15, 0.2) is 5.89 Å². The first kappa shape index (κ1) is 20.0. The minimum absolute atomic E-state index is 0.0136. The topological polar surface area (TPSA) is 64.8 Å². The summed E-state index contributed by atoms with van der Waals surface area (Å²) in [7, 11) is 3.24. The minimum Gasteiger partial charge on any atom is -0.497 e. The molecule has 1 aliphatic rings. The number of likely N-dealkylation sites (tertiary alicyclic amines) is 1. The number of methoxy groups -OCH3 is 2. The Kier molecular flexibility index (Phi) is 6.02. The summed E-state index contributed by atoms with van der Waals surface area (Å²) in [5.41, 5.74) is 1.69. The van der Waals surface area contributed by atoms with Crippen LogP contribution in [0, 0.1) is 0 Å². The van der Waals surface area contributed by atoms with Crippen LogP contribution in [0.15, 0.2) is 59.1 Å². The van der Waals surface area contributed by atoms with Crippen LogP contribution in [0.25, 0.3) is 0 Å². The Bertz CT molecular complexity index is 1010. The molecule has 30 heavy (non-hydrogen) atoms. The average Bonchev–Trinajstić information content (AvgIpc) is 3.27. The van der Waals surface area contributed by atoms with Gasteiger partial charge in [0.2, 0.25) is 0 Å². The number of para-hydroxylation sites is 1. The van der Waals surface area contributed by atoms with Crippen LogP contribution in [-0.4, -0.2) is 43.1 Å². The van der Waals surface area contributed by atoms with Gasteiger partial charge < -0.3 is 18.8 Å². The molecular weight excluding hydrogens is 380 g/mol. The molecule has 0 unspecified atom stereocenters. The predicted molar refractivity (Wildman–Crippen MR) is 113 cm³/mol. The Morgan fingerprint density at radius 1 is 1.17 bits per heavy atom. The van der Waals surface area contributed by atoms with Gasteiger partial charge in [-0.15, -0.1) is 0 Å². The van der Waals surface area contributed by atoms with Crippen molar-refractivity contribution in [1.82, 2.24) is 9.88 Å². The lowest BCUT2D eigenvalue weighted by Gasteiger charge is -2.31. The molecule has 2 heterocycles. The molecule has 6 nitrogen and oxygen atoms in total. The van der Waals surface area contributed by atoms with E-state index >= 15 is 0 Å². The zero-order chi connectivity index (χ0) is 20.9.